The second-order valence-corrected chi connectivity index (χ2v) is 11.6. The van der Waals surface area contributed by atoms with E-state index in [-0.39, 0.29) is 48.7 Å². The van der Waals surface area contributed by atoms with Crippen molar-refractivity contribution in [2.45, 2.75) is 64.8 Å². The molecular formula is C30H33N3O5S. The number of thiazole rings is 1. The highest BCUT2D eigenvalue weighted by atomic mass is 32.1. The summed E-state index contributed by atoms with van der Waals surface area (Å²) in [6, 6.07) is 11.2. The van der Waals surface area contributed by atoms with E-state index < -0.39 is 18.2 Å². The zero-order chi connectivity index (χ0) is 27.8. The standard InChI is InChI=1S/C30H33N3O5S/c1-17(2)27(33-14-21-6-4-5-7-23(21)29(33)37)30(38)32-15-22(34)13-24(32)25(35)11-10-19-8-9-20(12-26(19)36)28-18(3)31-16-39-28/h4-9,12,16-17,22,24,27,34,36H,10-11,13-15H2,1-3H3/t22-,24?,27?/m1/s1. The van der Waals surface area contributed by atoms with Gasteiger partial charge >= 0.3 is 0 Å². The highest BCUT2D eigenvalue weighted by Gasteiger charge is 2.45. The van der Waals surface area contributed by atoms with Crippen LogP contribution in [0, 0.1) is 12.8 Å². The third-order valence-corrected chi connectivity index (χ3v) is 8.71. The molecule has 1 aromatic heterocycles. The number of aromatic hydroxyl groups is 1. The maximum atomic E-state index is 13.9. The molecule has 0 spiro atoms. The molecule has 5 rings (SSSR count). The van der Waals surface area contributed by atoms with Gasteiger partial charge < -0.3 is 20.0 Å². The van der Waals surface area contributed by atoms with Crippen LogP contribution in [0.1, 0.15) is 53.9 Å². The van der Waals surface area contributed by atoms with Crippen molar-refractivity contribution in [3.63, 3.8) is 0 Å². The van der Waals surface area contributed by atoms with Gasteiger partial charge in [0.05, 0.1) is 28.2 Å². The molecule has 204 valence electrons. The van der Waals surface area contributed by atoms with E-state index >= 15 is 0 Å². The van der Waals surface area contributed by atoms with E-state index in [0.29, 0.717) is 24.1 Å². The average molecular weight is 548 g/mol. The first-order valence-corrected chi connectivity index (χ1v) is 14.2. The molecule has 2 unspecified atom stereocenters. The second kappa shape index (κ2) is 10.9. The molecule has 2 amide bonds. The fraction of sp³-hybridized carbons (Fsp3) is 0.400. The molecule has 1 saturated heterocycles. The third-order valence-electron chi connectivity index (χ3n) is 7.74. The molecular weight excluding hydrogens is 514 g/mol. The van der Waals surface area contributed by atoms with Crippen molar-refractivity contribution in [1.82, 2.24) is 14.8 Å². The number of benzene rings is 2. The van der Waals surface area contributed by atoms with E-state index in [2.05, 4.69) is 4.98 Å². The van der Waals surface area contributed by atoms with Crippen LogP contribution in [0.25, 0.3) is 10.4 Å². The summed E-state index contributed by atoms with van der Waals surface area (Å²) in [5.41, 5.74) is 5.65. The summed E-state index contributed by atoms with van der Waals surface area (Å²) in [4.78, 5) is 48.7. The van der Waals surface area contributed by atoms with Crippen LogP contribution in [-0.4, -0.2) is 67.3 Å². The molecule has 0 bridgehead atoms. The van der Waals surface area contributed by atoms with Crippen LogP contribution in [-0.2, 0) is 22.6 Å². The van der Waals surface area contributed by atoms with Crippen LogP contribution in [0.2, 0.25) is 0 Å². The molecule has 39 heavy (non-hydrogen) atoms. The Morgan fingerprint density at radius 3 is 2.62 bits per heavy atom. The number of likely N-dealkylation sites (tertiary alicyclic amines) is 1. The van der Waals surface area contributed by atoms with Gasteiger partial charge in [0, 0.05) is 31.5 Å². The summed E-state index contributed by atoms with van der Waals surface area (Å²) in [6.45, 7) is 6.10. The van der Waals surface area contributed by atoms with Crippen molar-refractivity contribution in [3.8, 4) is 16.2 Å². The lowest BCUT2D eigenvalue weighted by molar-refractivity contribution is -0.142. The molecule has 0 saturated carbocycles. The number of ketones is 1. The van der Waals surface area contributed by atoms with Gasteiger partial charge in [-0.25, -0.2) is 4.98 Å². The molecule has 0 radical (unpaired) electrons. The van der Waals surface area contributed by atoms with Gasteiger partial charge in [-0.2, -0.15) is 0 Å². The molecule has 2 aromatic carbocycles. The highest BCUT2D eigenvalue weighted by Crippen LogP contribution is 2.33. The zero-order valence-corrected chi connectivity index (χ0v) is 23.1. The summed E-state index contributed by atoms with van der Waals surface area (Å²) in [5, 5.41) is 21.1. The van der Waals surface area contributed by atoms with Crippen LogP contribution < -0.4 is 0 Å². The van der Waals surface area contributed by atoms with Crippen LogP contribution in [0.3, 0.4) is 0 Å². The molecule has 2 N–H and O–H groups in total. The molecule has 2 aliphatic heterocycles. The number of β-amino-alcohol motifs (C(OH)–C–C–N with tert-alkyl or cyclic N) is 1. The normalized spacial score (nSPS) is 19.6. The van der Waals surface area contributed by atoms with Crippen LogP contribution >= 0.6 is 11.3 Å². The Morgan fingerprint density at radius 1 is 1.18 bits per heavy atom. The van der Waals surface area contributed by atoms with Gasteiger partial charge in [-0.15, -0.1) is 11.3 Å². The number of Topliss-reactive ketones (excluding diaryl/α,β-unsaturated/α-hetero) is 1. The number of carbonyl (C=O) groups is 3. The summed E-state index contributed by atoms with van der Waals surface area (Å²) < 4.78 is 0. The predicted octanol–water partition coefficient (Wildman–Crippen LogP) is 3.97. The van der Waals surface area contributed by atoms with E-state index in [1.54, 1.807) is 22.5 Å². The first-order valence-electron chi connectivity index (χ1n) is 13.3. The average Bonchev–Trinajstić information content (AvgIpc) is 3.60. The van der Waals surface area contributed by atoms with Crippen molar-refractivity contribution in [1.29, 1.82) is 0 Å². The van der Waals surface area contributed by atoms with E-state index in [0.717, 1.165) is 21.7 Å². The van der Waals surface area contributed by atoms with Gasteiger partial charge in [0.2, 0.25) is 5.91 Å². The number of aromatic nitrogens is 1. The van der Waals surface area contributed by atoms with Crippen molar-refractivity contribution < 1.29 is 24.6 Å². The molecule has 9 heteroatoms. The quantitative estimate of drug-likeness (QED) is 0.442. The van der Waals surface area contributed by atoms with Crippen molar-refractivity contribution in [3.05, 3.63) is 70.4 Å². The number of phenolic OH excluding ortho intramolecular Hbond substituents is 1. The number of carbonyl (C=O) groups excluding carboxylic acids is 3. The Hall–Kier alpha value is -3.56. The first kappa shape index (κ1) is 27.0. The minimum atomic E-state index is -0.808. The molecule has 0 aliphatic carbocycles. The number of hydrogen-bond donors (Lipinski definition) is 2. The largest absolute Gasteiger partial charge is 0.508 e. The predicted molar refractivity (Wildman–Crippen MR) is 148 cm³/mol. The lowest BCUT2D eigenvalue weighted by Gasteiger charge is -2.35. The summed E-state index contributed by atoms with van der Waals surface area (Å²) in [5.74, 6) is -0.734. The van der Waals surface area contributed by atoms with E-state index in [1.807, 2.05) is 51.1 Å². The lowest BCUT2D eigenvalue weighted by Crippen LogP contribution is -2.54. The van der Waals surface area contributed by atoms with Gasteiger partial charge in [0.15, 0.2) is 5.78 Å². The third kappa shape index (κ3) is 5.21. The van der Waals surface area contributed by atoms with Gasteiger partial charge in [-0.3, -0.25) is 14.4 Å². The minimum absolute atomic E-state index is 0.0571. The number of aryl methyl sites for hydroxylation is 2. The maximum Gasteiger partial charge on any atom is 0.255 e. The summed E-state index contributed by atoms with van der Waals surface area (Å²) in [6.07, 6.45) is -0.209. The summed E-state index contributed by atoms with van der Waals surface area (Å²) >= 11 is 1.50. The smallest absolute Gasteiger partial charge is 0.255 e. The zero-order valence-electron chi connectivity index (χ0n) is 22.3. The maximum absolute atomic E-state index is 13.9. The second-order valence-electron chi connectivity index (χ2n) is 10.8. The van der Waals surface area contributed by atoms with E-state index in [9.17, 15) is 24.6 Å². The number of aliphatic hydroxyl groups excluding tert-OH is 1. The van der Waals surface area contributed by atoms with Gasteiger partial charge in [0.1, 0.15) is 11.8 Å². The molecule has 3 heterocycles. The monoisotopic (exact) mass is 547 g/mol. The van der Waals surface area contributed by atoms with Gasteiger partial charge in [0.25, 0.3) is 5.91 Å². The number of aliphatic hydroxyl groups is 1. The topological polar surface area (TPSA) is 111 Å². The molecule has 2 aliphatic rings. The Balaban J connectivity index is 1.29. The van der Waals surface area contributed by atoms with Crippen molar-refractivity contribution >= 4 is 28.9 Å². The number of fused-ring (bicyclic) bond motifs is 1. The Morgan fingerprint density at radius 2 is 1.95 bits per heavy atom. The fourth-order valence-electron chi connectivity index (χ4n) is 5.73. The van der Waals surface area contributed by atoms with Crippen LogP contribution in [0.4, 0.5) is 0 Å². The number of rotatable bonds is 8. The number of amides is 2. The molecule has 3 atom stereocenters. The van der Waals surface area contributed by atoms with E-state index in [1.165, 1.54) is 16.2 Å². The molecule has 1 fully saturated rings. The SMILES string of the molecule is Cc1ncsc1-c1ccc(CCC(=O)C2C[C@@H](O)CN2C(=O)C(C(C)C)N2Cc3ccccc3C2=O)c(O)c1. The minimum Gasteiger partial charge on any atom is -0.508 e. The van der Waals surface area contributed by atoms with Crippen LogP contribution in [0.5, 0.6) is 5.75 Å². The van der Waals surface area contributed by atoms with E-state index in [4.69, 9.17) is 0 Å². The molecule has 3 aromatic rings. The lowest BCUT2D eigenvalue weighted by atomic mass is 9.97. The van der Waals surface area contributed by atoms with Crippen molar-refractivity contribution in [2.24, 2.45) is 5.92 Å². The Bertz CT molecular complexity index is 1420. The van der Waals surface area contributed by atoms with Gasteiger partial charge in [-0.05, 0) is 48.1 Å². The highest BCUT2D eigenvalue weighted by molar-refractivity contribution is 7.13. The van der Waals surface area contributed by atoms with Gasteiger partial charge in [-0.1, -0.05) is 44.2 Å². The fourth-order valence-corrected chi connectivity index (χ4v) is 6.53. The van der Waals surface area contributed by atoms with Crippen LogP contribution in [0.15, 0.2) is 48.0 Å². The number of hydrogen-bond acceptors (Lipinski definition) is 7. The Kier molecular flexibility index (Phi) is 7.55. The molecule has 8 nitrogen and oxygen atoms in total. The number of phenols is 1. The summed E-state index contributed by atoms with van der Waals surface area (Å²) in [7, 11) is 0. The van der Waals surface area contributed by atoms with Crippen molar-refractivity contribution in [2.75, 3.05) is 6.54 Å². The number of nitrogens with zero attached hydrogens (tertiary/aromatic N) is 3. The first-order chi connectivity index (χ1) is 18.7. The Labute approximate surface area is 231 Å².